The van der Waals surface area contributed by atoms with E-state index in [-0.39, 0.29) is 5.76 Å². The van der Waals surface area contributed by atoms with Gasteiger partial charge in [0.15, 0.2) is 11.9 Å². The maximum Gasteiger partial charge on any atom is 0.378 e. The van der Waals surface area contributed by atoms with Crippen LogP contribution in [-0.2, 0) is 14.3 Å². The average molecular weight is 401 g/mol. The summed E-state index contributed by atoms with van der Waals surface area (Å²) in [6.07, 6.45) is 15.1. The zero-order chi connectivity index (χ0) is 20.6. The van der Waals surface area contributed by atoms with Crippen molar-refractivity contribution in [1.82, 2.24) is 0 Å². The molecule has 0 saturated carbocycles. The first-order chi connectivity index (χ1) is 13.6. The quantitative estimate of drug-likeness (QED) is 0.231. The van der Waals surface area contributed by atoms with Gasteiger partial charge in [0.25, 0.3) is 0 Å². The van der Waals surface area contributed by atoms with Gasteiger partial charge in [-0.15, -0.1) is 0 Å². The zero-order valence-corrected chi connectivity index (χ0v) is 17.5. The van der Waals surface area contributed by atoms with Crippen molar-refractivity contribution < 1.29 is 29.6 Å². The minimum Gasteiger partial charge on any atom is -0.505 e. The fourth-order valence-electron chi connectivity index (χ4n) is 3.42. The molecule has 0 aromatic rings. The first-order valence-corrected chi connectivity index (χ1v) is 11.2. The molecule has 164 valence electrons. The van der Waals surface area contributed by atoms with Crippen LogP contribution in [0.2, 0.25) is 0 Å². The van der Waals surface area contributed by atoms with Crippen molar-refractivity contribution in [3.05, 3.63) is 11.5 Å². The van der Waals surface area contributed by atoms with Crippen LogP contribution < -0.4 is 0 Å². The Kier molecular flexibility index (Phi) is 13.8. The lowest BCUT2D eigenvalue weighted by molar-refractivity contribution is -0.148. The summed E-state index contributed by atoms with van der Waals surface area (Å²) in [6.45, 7) is 1.98. The highest BCUT2D eigenvalue weighted by Gasteiger charge is 2.40. The third-order valence-electron chi connectivity index (χ3n) is 5.20. The van der Waals surface area contributed by atoms with Crippen molar-refractivity contribution in [3.63, 3.8) is 0 Å². The standard InChI is InChI=1S/C22H40O6/c1-2-3-4-5-6-7-8-9-10-11-12-13-14-15-16-27-21-19(25)20(18(24)17-23)28-22(21)26/h18,20,23-25H,2-17H2,1H3/t18-,20+/m0/s1. The number of aliphatic hydroxyl groups is 3. The van der Waals surface area contributed by atoms with E-state index in [1.54, 1.807) is 0 Å². The Labute approximate surface area is 169 Å². The number of carbonyl (C=O) groups is 1. The molecule has 1 aliphatic heterocycles. The van der Waals surface area contributed by atoms with Crippen LogP contribution in [0.25, 0.3) is 0 Å². The van der Waals surface area contributed by atoms with Crippen LogP contribution in [-0.4, -0.2) is 46.7 Å². The summed E-state index contributed by atoms with van der Waals surface area (Å²) in [5.74, 6) is -1.47. The van der Waals surface area contributed by atoms with Crippen LogP contribution >= 0.6 is 0 Å². The Morgan fingerprint density at radius 2 is 1.36 bits per heavy atom. The molecule has 0 radical (unpaired) electrons. The number of aliphatic hydroxyl groups excluding tert-OH is 3. The lowest BCUT2D eigenvalue weighted by atomic mass is 10.0. The van der Waals surface area contributed by atoms with Crippen LogP contribution in [0.15, 0.2) is 11.5 Å². The second-order valence-electron chi connectivity index (χ2n) is 7.73. The summed E-state index contributed by atoms with van der Waals surface area (Å²) in [5, 5.41) is 28.3. The second-order valence-corrected chi connectivity index (χ2v) is 7.73. The van der Waals surface area contributed by atoms with Crippen LogP contribution in [0.5, 0.6) is 0 Å². The number of esters is 1. The van der Waals surface area contributed by atoms with E-state index in [4.69, 9.17) is 14.6 Å². The SMILES string of the molecule is CCCCCCCCCCCCCCCCOC1=C(O)[C@@H]([C@@H](O)CO)OC1=O. The van der Waals surface area contributed by atoms with Gasteiger partial charge in [-0.25, -0.2) is 4.79 Å². The second kappa shape index (κ2) is 15.6. The normalized spacial score (nSPS) is 17.8. The number of ether oxygens (including phenoxy) is 2. The summed E-state index contributed by atoms with van der Waals surface area (Å²) in [6, 6.07) is 0. The number of hydrogen-bond donors (Lipinski definition) is 3. The molecule has 0 saturated heterocycles. The Morgan fingerprint density at radius 1 is 0.893 bits per heavy atom. The van der Waals surface area contributed by atoms with E-state index < -0.39 is 30.5 Å². The summed E-state index contributed by atoms with van der Waals surface area (Å²) >= 11 is 0. The highest BCUT2D eigenvalue weighted by atomic mass is 16.6. The topological polar surface area (TPSA) is 96.2 Å². The molecule has 0 aliphatic carbocycles. The van der Waals surface area contributed by atoms with Gasteiger partial charge in [0.1, 0.15) is 6.10 Å². The van der Waals surface area contributed by atoms with Gasteiger partial charge in [-0.05, 0) is 6.42 Å². The predicted octanol–water partition coefficient (Wildman–Crippen LogP) is 4.53. The Morgan fingerprint density at radius 3 is 1.82 bits per heavy atom. The highest BCUT2D eigenvalue weighted by Crippen LogP contribution is 2.24. The number of cyclic esters (lactones) is 1. The van der Waals surface area contributed by atoms with Gasteiger partial charge in [0, 0.05) is 0 Å². The Hall–Kier alpha value is -1.27. The monoisotopic (exact) mass is 400 g/mol. The molecular weight excluding hydrogens is 360 g/mol. The van der Waals surface area contributed by atoms with E-state index in [2.05, 4.69) is 6.92 Å². The molecule has 2 atom stereocenters. The Bertz CT molecular complexity index is 448. The van der Waals surface area contributed by atoms with Crippen molar-refractivity contribution in [1.29, 1.82) is 0 Å². The largest absolute Gasteiger partial charge is 0.505 e. The maximum absolute atomic E-state index is 11.6. The van der Waals surface area contributed by atoms with E-state index in [1.165, 1.54) is 70.6 Å². The van der Waals surface area contributed by atoms with Crippen LogP contribution in [0.1, 0.15) is 96.8 Å². The molecule has 0 aromatic heterocycles. The molecule has 1 heterocycles. The maximum atomic E-state index is 11.6. The minimum absolute atomic E-state index is 0.243. The fraction of sp³-hybridized carbons (Fsp3) is 0.864. The van der Waals surface area contributed by atoms with Gasteiger partial charge in [-0.3, -0.25) is 0 Å². The van der Waals surface area contributed by atoms with Gasteiger partial charge in [-0.1, -0.05) is 90.4 Å². The van der Waals surface area contributed by atoms with Crippen molar-refractivity contribution in [2.75, 3.05) is 13.2 Å². The van der Waals surface area contributed by atoms with E-state index in [0.717, 1.165) is 19.3 Å². The molecule has 0 unspecified atom stereocenters. The molecule has 0 amide bonds. The molecule has 0 bridgehead atoms. The number of hydrogen-bond acceptors (Lipinski definition) is 6. The van der Waals surface area contributed by atoms with Crippen molar-refractivity contribution in [2.45, 2.75) is 109 Å². The molecule has 28 heavy (non-hydrogen) atoms. The first-order valence-electron chi connectivity index (χ1n) is 11.2. The summed E-state index contributed by atoms with van der Waals surface area (Å²) in [7, 11) is 0. The zero-order valence-electron chi connectivity index (χ0n) is 17.5. The number of unbranched alkanes of at least 4 members (excludes halogenated alkanes) is 13. The molecule has 6 heteroatoms. The number of carbonyl (C=O) groups excluding carboxylic acids is 1. The first kappa shape index (κ1) is 24.8. The predicted molar refractivity (Wildman–Crippen MR) is 109 cm³/mol. The molecule has 0 fully saturated rings. The van der Waals surface area contributed by atoms with E-state index in [9.17, 15) is 15.0 Å². The smallest absolute Gasteiger partial charge is 0.378 e. The van der Waals surface area contributed by atoms with Crippen LogP contribution in [0.4, 0.5) is 0 Å². The molecule has 0 aromatic carbocycles. The van der Waals surface area contributed by atoms with Crippen molar-refractivity contribution in [2.24, 2.45) is 0 Å². The molecule has 1 rings (SSSR count). The van der Waals surface area contributed by atoms with Gasteiger partial charge in [-0.2, -0.15) is 0 Å². The molecule has 0 spiro atoms. The molecular formula is C22H40O6. The summed E-state index contributed by atoms with van der Waals surface area (Å²) in [4.78, 5) is 11.6. The lowest BCUT2D eigenvalue weighted by Gasteiger charge is -2.13. The summed E-state index contributed by atoms with van der Waals surface area (Å²) in [5.41, 5.74) is 0. The van der Waals surface area contributed by atoms with Crippen LogP contribution in [0.3, 0.4) is 0 Å². The van der Waals surface area contributed by atoms with E-state index >= 15 is 0 Å². The molecule has 1 aliphatic rings. The van der Waals surface area contributed by atoms with E-state index in [0.29, 0.717) is 6.61 Å². The molecule has 6 nitrogen and oxygen atoms in total. The third kappa shape index (κ3) is 9.78. The fourth-order valence-corrected chi connectivity index (χ4v) is 3.42. The van der Waals surface area contributed by atoms with Gasteiger partial charge in [0.2, 0.25) is 5.76 Å². The van der Waals surface area contributed by atoms with Crippen molar-refractivity contribution >= 4 is 5.97 Å². The van der Waals surface area contributed by atoms with Crippen molar-refractivity contribution in [3.8, 4) is 0 Å². The lowest BCUT2D eigenvalue weighted by Crippen LogP contribution is -2.31. The Balaban J connectivity index is 1.94. The number of rotatable bonds is 18. The highest BCUT2D eigenvalue weighted by molar-refractivity contribution is 5.89. The molecule has 3 N–H and O–H groups in total. The van der Waals surface area contributed by atoms with E-state index in [1.807, 2.05) is 0 Å². The van der Waals surface area contributed by atoms with Crippen LogP contribution in [0, 0.1) is 0 Å². The van der Waals surface area contributed by atoms with Gasteiger partial charge in [0.05, 0.1) is 13.2 Å². The average Bonchev–Trinajstić information content (AvgIpc) is 2.98. The van der Waals surface area contributed by atoms with Gasteiger partial charge < -0.3 is 24.8 Å². The third-order valence-corrected chi connectivity index (χ3v) is 5.20. The summed E-state index contributed by atoms with van der Waals surface area (Å²) < 4.78 is 10.1. The van der Waals surface area contributed by atoms with Gasteiger partial charge >= 0.3 is 5.97 Å². The minimum atomic E-state index is -1.34.